The topological polar surface area (TPSA) is 95.0 Å². The van der Waals surface area contributed by atoms with E-state index in [-0.39, 0.29) is 5.91 Å². The van der Waals surface area contributed by atoms with Crippen LogP contribution in [0.1, 0.15) is 27.5 Å². The van der Waals surface area contributed by atoms with E-state index >= 15 is 0 Å². The standard InChI is InChI=1S/C18H17N5O2S/c1-11-14(8-15(25-11)13-6-4-5-12(7-13)9-19)17(24)21-18-20-16(22-26-18)10-23(2)3/h4-8H,10H2,1-3H3,(H,20,21,22,24). The lowest BCUT2D eigenvalue weighted by molar-refractivity contribution is 0.102. The van der Waals surface area contributed by atoms with Gasteiger partial charge in [-0.05, 0) is 39.2 Å². The van der Waals surface area contributed by atoms with Gasteiger partial charge >= 0.3 is 0 Å². The largest absolute Gasteiger partial charge is 0.461 e. The summed E-state index contributed by atoms with van der Waals surface area (Å²) in [6, 6.07) is 10.8. The van der Waals surface area contributed by atoms with Crippen molar-refractivity contribution in [3.63, 3.8) is 0 Å². The maximum atomic E-state index is 12.5. The van der Waals surface area contributed by atoms with Gasteiger partial charge in [0.1, 0.15) is 11.5 Å². The van der Waals surface area contributed by atoms with Gasteiger partial charge in [0, 0.05) is 17.1 Å². The Bertz CT molecular complexity index is 984. The van der Waals surface area contributed by atoms with Crippen LogP contribution in [0.5, 0.6) is 0 Å². The number of rotatable bonds is 5. The van der Waals surface area contributed by atoms with Crippen LogP contribution in [0.25, 0.3) is 11.3 Å². The minimum absolute atomic E-state index is 0.304. The second-order valence-corrected chi connectivity index (χ2v) is 6.73. The summed E-state index contributed by atoms with van der Waals surface area (Å²) in [6.07, 6.45) is 0. The maximum absolute atomic E-state index is 12.5. The Hall–Kier alpha value is -3.02. The van der Waals surface area contributed by atoms with E-state index < -0.39 is 0 Å². The van der Waals surface area contributed by atoms with Gasteiger partial charge in [-0.2, -0.15) is 9.64 Å². The van der Waals surface area contributed by atoms with Gasteiger partial charge in [0.25, 0.3) is 5.91 Å². The molecule has 0 saturated carbocycles. The molecule has 0 bridgehead atoms. The van der Waals surface area contributed by atoms with Gasteiger partial charge in [0.05, 0.1) is 23.7 Å². The average Bonchev–Trinajstić information content (AvgIpc) is 3.20. The number of benzene rings is 1. The molecule has 0 radical (unpaired) electrons. The van der Waals surface area contributed by atoms with Gasteiger partial charge in [-0.1, -0.05) is 12.1 Å². The second-order valence-electron chi connectivity index (χ2n) is 5.98. The predicted molar refractivity (Wildman–Crippen MR) is 98.8 cm³/mol. The quantitative estimate of drug-likeness (QED) is 0.743. The molecule has 1 N–H and O–H groups in total. The molecule has 132 valence electrons. The molecule has 1 aromatic carbocycles. The fraction of sp³-hybridized carbons (Fsp3) is 0.222. The van der Waals surface area contributed by atoms with Crippen LogP contribution < -0.4 is 5.32 Å². The molecule has 8 heteroatoms. The summed E-state index contributed by atoms with van der Waals surface area (Å²) in [5.74, 6) is 1.39. The molecule has 0 unspecified atom stereocenters. The lowest BCUT2D eigenvalue weighted by Crippen LogP contribution is -2.13. The molecule has 0 saturated heterocycles. The van der Waals surface area contributed by atoms with Crippen LogP contribution in [0.15, 0.2) is 34.7 Å². The third-order valence-corrected chi connectivity index (χ3v) is 4.25. The number of nitriles is 1. The van der Waals surface area contributed by atoms with Crippen molar-refractivity contribution in [2.75, 3.05) is 19.4 Å². The molecule has 26 heavy (non-hydrogen) atoms. The van der Waals surface area contributed by atoms with E-state index in [4.69, 9.17) is 9.68 Å². The highest BCUT2D eigenvalue weighted by Crippen LogP contribution is 2.27. The Balaban J connectivity index is 1.79. The van der Waals surface area contributed by atoms with E-state index in [0.29, 0.717) is 40.1 Å². The first-order chi connectivity index (χ1) is 12.5. The highest BCUT2D eigenvalue weighted by molar-refractivity contribution is 7.09. The molecule has 0 aliphatic heterocycles. The fourth-order valence-corrected chi connectivity index (χ4v) is 2.98. The summed E-state index contributed by atoms with van der Waals surface area (Å²) in [4.78, 5) is 18.8. The summed E-state index contributed by atoms with van der Waals surface area (Å²) in [5.41, 5.74) is 1.70. The Kier molecular flexibility index (Phi) is 5.11. The molecular formula is C18H17N5O2S. The van der Waals surface area contributed by atoms with Crippen LogP contribution in [-0.4, -0.2) is 34.3 Å². The highest BCUT2D eigenvalue weighted by atomic mass is 32.1. The lowest BCUT2D eigenvalue weighted by Gasteiger charge is -2.04. The minimum Gasteiger partial charge on any atom is -0.461 e. The first kappa shape index (κ1) is 17.8. The number of aryl methyl sites for hydroxylation is 1. The molecule has 1 amide bonds. The molecule has 0 aliphatic rings. The highest BCUT2D eigenvalue weighted by Gasteiger charge is 2.18. The first-order valence-corrected chi connectivity index (χ1v) is 8.63. The number of amides is 1. The van der Waals surface area contributed by atoms with Crippen molar-refractivity contribution in [1.82, 2.24) is 14.3 Å². The molecule has 2 aromatic heterocycles. The molecule has 0 spiro atoms. The van der Waals surface area contributed by atoms with E-state index in [1.54, 1.807) is 31.2 Å². The number of anilines is 1. The number of furan rings is 1. The molecular weight excluding hydrogens is 350 g/mol. The van der Waals surface area contributed by atoms with Crippen LogP contribution in [0.2, 0.25) is 0 Å². The van der Waals surface area contributed by atoms with Crippen molar-refractivity contribution in [3.05, 3.63) is 53.0 Å². The fourth-order valence-electron chi connectivity index (χ4n) is 2.41. The van der Waals surface area contributed by atoms with Crippen molar-refractivity contribution < 1.29 is 9.21 Å². The normalized spacial score (nSPS) is 10.7. The Morgan fingerprint density at radius 3 is 2.92 bits per heavy atom. The average molecular weight is 367 g/mol. The number of nitrogens with zero attached hydrogens (tertiary/aromatic N) is 4. The van der Waals surface area contributed by atoms with Crippen LogP contribution in [-0.2, 0) is 6.54 Å². The van der Waals surface area contributed by atoms with Crippen molar-refractivity contribution in [3.8, 4) is 17.4 Å². The number of aromatic nitrogens is 2. The SMILES string of the molecule is Cc1oc(-c2cccc(C#N)c2)cc1C(=O)Nc1nc(CN(C)C)ns1. The zero-order chi connectivity index (χ0) is 18.7. The summed E-state index contributed by atoms with van der Waals surface area (Å²) in [7, 11) is 3.86. The van der Waals surface area contributed by atoms with Crippen LogP contribution >= 0.6 is 11.5 Å². The number of hydrogen-bond donors (Lipinski definition) is 1. The monoisotopic (exact) mass is 367 g/mol. The van der Waals surface area contributed by atoms with E-state index in [1.165, 1.54) is 0 Å². The number of hydrogen-bond acceptors (Lipinski definition) is 7. The predicted octanol–water partition coefficient (Wildman–Crippen LogP) is 3.29. The summed E-state index contributed by atoms with van der Waals surface area (Å²) in [5, 5.41) is 12.2. The molecule has 2 heterocycles. The van der Waals surface area contributed by atoms with Crippen LogP contribution in [0.4, 0.5) is 5.13 Å². The zero-order valence-electron chi connectivity index (χ0n) is 14.6. The molecule has 7 nitrogen and oxygen atoms in total. The van der Waals surface area contributed by atoms with Gasteiger partial charge in [-0.3, -0.25) is 10.1 Å². The van der Waals surface area contributed by atoms with E-state index in [2.05, 4.69) is 20.7 Å². The van der Waals surface area contributed by atoms with Crippen LogP contribution in [0.3, 0.4) is 0 Å². The van der Waals surface area contributed by atoms with Crippen molar-refractivity contribution >= 4 is 22.6 Å². The van der Waals surface area contributed by atoms with Crippen molar-refractivity contribution in [1.29, 1.82) is 5.26 Å². The van der Waals surface area contributed by atoms with E-state index in [1.807, 2.05) is 25.1 Å². The number of nitrogens with one attached hydrogen (secondary N) is 1. The number of carbonyl (C=O) groups excluding carboxylic acids is 1. The van der Waals surface area contributed by atoms with Gasteiger partial charge in [0.2, 0.25) is 5.13 Å². The van der Waals surface area contributed by atoms with Crippen LogP contribution in [0, 0.1) is 18.3 Å². The zero-order valence-corrected chi connectivity index (χ0v) is 15.4. The third-order valence-electron chi connectivity index (χ3n) is 3.58. The van der Waals surface area contributed by atoms with E-state index in [0.717, 1.165) is 17.1 Å². The van der Waals surface area contributed by atoms with Gasteiger partial charge in [-0.15, -0.1) is 0 Å². The van der Waals surface area contributed by atoms with Gasteiger partial charge in [-0.25, -0.2) is 4.98 Å². The summed E-state index contributed by atoms with van der Waals surface area (Å²) < 4.78 is 9.92. The molecule has 0 fully saturated rings. The summed E-state index contributed by atoms with van der Waals surface area (Å²) >= 11 is 1.14. The minimum atomic E-state index is -0.304. The van der Waals surface area contributed by atoms with E-state index in [9.17, 15) is 4.79 Å². The maximum Gasteiger partial charge on any atom is 0.261 e. The van der Waals surface area contributed by atoms with Gasteiger partial charge < -0.3 is 9.32 Å². The number of carbonyl (C=O) groups is 1. The first-order valence-electron chi connectivity index (χ1n) is 7.86. The Morgan fingerprint density at radius 2 is 2.19 bits per heavy atom. The smallest absolute Gasteiger partial charge is 0.261 e. The molecule has 3 aromatic rings. The molecule has 0 atom stereocenters. The second kappa shape index (κ2) is 7.47. The van der Waals surface area contributed by atoms with Crippen molar-refractivity contribution in [2.24, 2.45) is 0 Å². The molecule has 3 rings (SSSR count). The van der Waals surface area contributed by atoms with Gasteiger partial charge in [0.15, 0.2) is 5.82 Å². The Labute approximate surface area is 155 Å². The third kappa shape index (κ3) is 3.96. The lowest BCUT2D eigenvalue weighted by atomic mass is 10.1. The van der Waals surface area contributed by atoms with Crippen molar-refractivity contribution in [2.45, 2.75) is 13.5 Å². The Morgan fingerprint density at radius 1 is 1.38 bits per heavy atom. The molecule has 0 aliphatic carbocycles. The summed E-state index contributed by atoms with van der Waals surface area (Å²) in [6.45, 7) is 2.33.